The number of aliphatic hydroxyl groups is 1. The Balaban J connectivity index is 2.28. The molecule has 0 radical (unpaired) electrons. The molecular formula is C11H17NO2. The molecule has 0 saturated carbocycles. The van der Waals surface area contributed by atoms with E-state index in [1.807, 2.05) is 31.2 Å². The van der Waals surface area contributed by atoms with E-state index in [0.717, 1.165) is 5.56 Å². The lowest BCUT2D eigenvalue weighted by molar-refractivity contribution is 0.0329. The predicted molar refractivity (Wildman–Crippen MR) is 55.9 cm³/mol. The van der Waals surface area contributed by atoms with Gasteiger partial charge in [0.05, 0.1) is 19.3 Å². The van der Waals surface area contributed by atoms with E-state index in [9.17, 15) is 0 Å². The van der Waals surface area contributed by atoms with Crippen molar-refractivity contribution < 1.29 is 9.84 Å². The summed E-state index contributed by atoms with van der Waals surface area (Å²) in [6, 6.07) is 8.12. The van der Waals surface area contributed by atoms with Crippen molar-refractivity contribution in [2.24, 2.45) is 5.73 Å². The van der Waals surface area contributed by atoms with Gasteiger partial charge in [0.2, 0.25) is 0 Å². The predicted octanol–water partition coefficient (Wildman–Crippen LogP) is 0.831. The number of ether oxygens (including phenoxy) is 1. The van der Waals surface area contributed by atoms with Crippen LogP contribution < -0.4 is 5.73 Å². The van der Waals surface area contributed by atoms with Gasteiger partial charge in [-0.2, -0.15) is 0 Å². The van der Waals surface area contributed by atoms with E-state index in [4.69, 9.17) is 15.6 Å². The number of aryl methyl sites for hydroxylation is 1. The number of hydrogen-bond acceptors (Lipinski definition) is 3. The first-order valence-corrected chi connectivity index (χ1v) is 4.74. The van der Waals surface area contributed by atoms with Crippen LogP contribution in [0.4, 0.5) is 0 Å². The Labute approximate surface area is 84.5 Å². The van der Waals surface area contributed by atoms with Gasteiger partial charge in [0.25, 0.3) is 0 Å². The Morgan fingerprint density at radius 1 is 1.36 bits per heavy atom. The Morgan fingerprint density at radius 2 is 2.00 bits per heavy atom. The minimum Gasteiger partial charge on any atom is -0.389 e. The molecular weight excluding hydrogens is 178 g/mol. The summed E-state index contributed by atoms with van der Waals surface area (Å²) in [6.45, 7) is 3.11. The van der Waals surface area contributed by atoms with Crippen molar-refractivity contribution in [1.82, 2.24) is 0 Å². The van der Waals surface area contributed by atoms with Gasteiger partial charge in [-0.25, -0.2) is 0 Å². The summed E-state index contributed by atoms with van der Waals surface area (Å²) < 4.78 is 5.28. The summed E-state index contributed by atoms with van der Waals surface area (Å²) in [6.07, 6.45) is -0.555. The van der Waals surface area contributed by atoms with Crippen molar-refractivity contribution in [2.45, 2.75) is 19.6 Å². The lowest BCUT2D eigenvalue weighted by atomic mass is 10.2. The molecule has 14 heavy (non-hydrogen) atoms. The van der Waals surface area contributed by atoms with Gasteiger partial charge >= 0.3 is 0 Å². The van der Waals surface area contributed by atoms with E-state index in [2.05, 4.69) is 0 Å². The summed E-state index contributed by atoms with van der Waals surface area (Å²) in [4.78, 5) is 0. The SMILES string of the molecule is Cc1ccc(COC[C@@H](O)CN)cc1. The second kappa shape index (κ2) is 5.75. The Kier molecular flexibility index (Phi) is 4.59. The normalized spacial score (nSPS) is 12.8. The number of benzene rings is 1. The molecule has 0 heterocycles. The molecule has 3 N–H and O–H groups in total. The lowest BCUT2D eigenvalue weighted by Crippen LogP contribution is -2.24. The van der Waals surface area contributed by atoms with Crippen molar-refractivity contribution in [1.29, 1.82) is 0 Å². The molecule has 1 atom stereocenters. The van der Waals surface area contributed by atoms with E-state index in [1.54, 1.807) is 0 Å². The molecule has 1 rings (SSSR count). The van der Waals surface area contributed by atoms with Gasteiger partial charge in [0.1, 0.15) is 0 Å². The molecule has 0 saturated heterocycles. The standard InChI is InChI=1S/C11H17NO2/c1-9-2-4-10(5-3-9)7-14-8-11(13)6-12/h2-5,11,13H,6-8,12H2,1H3/t11-/m0/s1. The second-order valence-electron chi connectivity index (χ2n) is 3.39. The van der Waals surface area contributed by atoms with E-state index in [1.165, 1.54) is 5.56 Å². The van der Waals surface area contributed by atoms with Crippen molar-refractivity contribution in [2.75, 3.05) is 13.2 Å². The average molecular weight is 195 g/mol. The summed E-state index contributed by atoms with van der Waals surface area (Å²) in [5.41, 5.74) is 7.58. The Hall–Kier alpha value is -0.900. The summed E-state index contributed by atoms with van der Waals surface area (Å²) in [5, 5.41) is 9.13. The monoisotopic (exact) mass is 195 g/mol. The molecule has 1 aromatic rings. The fourth-order valence-corrected chi connectivity index (χ4v) is 1.07. The fourth-order valence-electron chi connectivity index (χ4n) is 1.07. The van der Waals surface area contributed by atoms with Crippen LogP contribution in [0.5, 0.6) is 0 Å². The zero-order valence-corrected chi connectivity index (χ0v) is 8.44. The minimum absolute atomic E-state index is 0.244. The van der Waals surface area contributed by atoms with Crippen molar-refractivity contribution in [3.05, 3.63) is 35.4 Å². The van der Waals surface area contributed by atoms with Crippen molar-refractivity contribution >= 4 is 0 Å². The molecule has 0 amide bonds. The highest BCUT2D eigenvalue weighted by Crippen LogP contribution is 2.04. The van der Waals surface area contributed by atoms with Gasteiger partial charge in [0.15, 0.2) is 0 Å². The number of nitrogens with two attached hydrogens (primary N) is 1. The molecule has 0 aromatic heterocycles. The third-order valence-corrected chi connectivity index (χ3v) is 1.97. The van der Waals surface area contributed by atoms with Crippen LogP contribution in [-0.4, -0.2) is 24.4 Å². The minimum atomic E-state index is -0.555. The number of aliphatic hydroxyl groups excluding tert-OH is 1. The van der Waals surface area contributed by atoms with Crippen LogP contribution in [0.25, 0.3) is 0 Å². The Morgan fingerprint density at radius 3 is 2.57 bits per heavy atom. The van der Waals surface area contributed by atoms with E-state index < -0.39 is 6.10 Å². The smallest absolute Gasteiger partial charge is 0.0895 e. The summed E-state index contributed by atoms with van der Waals surface area (Å²) >= 11 is 0. The maximum atomic E-state index is 9.13. The molecule has 0 unspecified atom stereocenters. The molecule has 0 bridgehead atoms. The quantitative estimate of drug-likeness (QED) is 0.731. The van der Waals surface area contributed by atoms with Gasteiger partial charge in [-0.15, -0.1) is 0 Å². The zero-order chi connectivity index (χ0) is 10.4. The van der Waals surface area contributed by atoms with Crippen LogP contribution in [0.3, 0.4) is 0 Å². The average Bonchev–Trinajstić information content (AvgIpc) is 2.21. The van der Waals surface area contributed by atoms with Gasteiger partial charge in [0, 0.05) is 6.54 Å². The van der Waals surface area contributed by atoms with Crippen molar-refractivity contribution in [3.8, 4) is 0 Å². The summed E-state index contributed by atoms with van der Waals surface area (Å²) in [5.74, 6) is 0. The molecule has 3 heteroatoms. The Bertz CT molecular complexity index is 258. The maximum Gasteiger partial charge on any atom is 0.0895 e. The molecule has 0 aliphatic carbocycles. The van der Waals surface area contributed by atoms with E-state index >= 15 is 0 Å². The van der Waals surface area contributed by atoms with Gasteiger partial charge in [-0.3, -0.25) is 0 Å². The number of hydrogen-bond donors (Lipinski definition) is 2. The largest absolute Gasteiger partial charge is 0.389 e. The molecule has 78 valence electrons. The maximum absolute atomic E-state index is 9.13. The highest BCUT2D eigenvalue weighted by molar-refractivity contribution is 5.20. The molecule has 0 aliphatic rings. The van der Waals surface area contributed by atoms with Crippen LogP contribution >= 0.6 is 0 Å². The third kappa shape index (κ3) is 3.87. The van der Waals surface area contributed by atoms with Crippen LogP contribution in [0.1, 0.15) is 11.1 Å². The van der Waals surface area contributed by atoms with Gasteiger partial charge in [-0.05, 0) is 12.5 Å². The van der Waals surface area contributed by atoms with E-state index in [0.29, 0.717) is 13.2 Å². The third-order valence-electron chi connectivity index (χ3n) is 1.97. The second-order valence-corrected chi connectivity index (χ2v) is 3.39. The first-order chi connectivity index (χ1) is 6.72. The van der Waals surface area contributed by atoms with Crippen LogP contribution in [-0.2, 0) is 11.3 Å². The molecule has 1 aromatic carbocycles. The zero-order valence-electron chi connectivity index (χ0n) is 8.44. The first kappa shape index (κ1) is 11.2. The van der Waals surface area contributed by atoms with E-state index in [-0.39, 0.29) is 6.54 Å². The highest BCUT2D eigenvalue weighted by Gasteiger charge is 2.00. The lowest BCUT2D eigenvalue weighted by Gasteiger charge is -2.08. The van der Waals surface area contributed by atoms with Crippen LogP contribution in [0.15, 0.2) is 24.3 Å². The van der Waals surface area contributed by atoms with Crippen molar-refractivity contribution in [3.63, 3.8) is 0 Å². The molecule has 0 fully saturated rings. The molecule has 0 aliphatic heterocycles. The molecule has 3 nitrogen and oxygen atoms in total. The first-order valence-electron chi connectivity index (χ1n) is 4.74. The topological polar surface area (TPSA) is 55.5 Å². The fraction of sp³-hybridized carbons (Fsp3) is 0.455. The molecule has 0 spiro atoms. The summed E-state index contributed by atoms with van der Waals surface area (Å²) in [7, 11) is 0. The van der Waals surface area contributed by atoms with Gasteiger partial charge < -0.3 is 15.6 Å². The van der Waals surface area contributed by atoms with Gasteiger partial charge in [-0.1, -0.05) is 29.8 Å². The number of rotatable bonds is 5. The van der Waals surface area contributed by atoms with Crippen LogP contribution in [0.2, 0.25) is 0 Å². The van der Waals surface area contributed by atoms with Crippen LogP contribution in [0, 0.1) is 6.92 Å². The highest BCUT2D eigenvalue weighted by atomic mass is 16.5.